The van der Waals surface area contributed by atoms with Gasteiger partial charge in [0.25, 0.3) is 0 Å². The molecule has 0 spiro atoms. The fraction of sp³-hybridized carbons (Fsp3) is 0. The predicted octanol–water partition coefficient (Wildman–Crippen LogP) is 5.72. The summed E-state index contributed by atoms with van der Waals surface area (Å²) >= 11 is 4.28. The van der Waals surface area contributed by atoms with E-state index in [9.17, 15) is 5.11 Å². The number of phenols is 1. The molecule has 0 amide bonds. The van der Waals surface area contributed by atoms with Gasteiger partial charge >= 0.3 is 0 Å². The summed E-state index contributed by atoms with van der Waals surface area (Å²) in [5, 5.41) is 20.8. The number of halogens is 2. The Balaban J connectivity index is 1.59. The van der Waals surface area contributed by atoms with Crippen LogP contribution in [0.3, 0.4) is 0 Å². The highest BCUT2D eigenvalue weighted by molar-refractivity contribution is 14.1. The van der Waals surface area contributed by atoms with E-state index in [1.54, 1.807) is 0 Å². The second kappa shape index (κ2) is 10.5. The molecule has 0 fully saturated rings. The van der Waals surface area contributed by atoms with Crippen LogP contribution in [-0.2, 0) is 0 Å². The molecule has 8 nitrogen and oxygen atoms in total. The average molecular weight is 649 g/mol. The summed E-state index contributed by atoms with van der Waals surface area (Å²) in [5.74, 6) is 1.13. The predicted molar refractivity (Wildman–Crippen MR) is 144 cm³/mol. The number of hydrogen-bond acceptors (Lipinski definition) is 8. The molecule has 32 heavy (non-hydrogen) atoms. The number of anilines is 5. The molecule has 0 unspecified atom stereocenters. The molecule has 0 aliphatic rings. The molecule has 0 aliphatic heterocycles. The average Bonchev–Trinajstić information content (AvgIpc) is 2.78. The Bertz CT molecular complexity index is 1180. The van der Waals surface area contributed by atoms with Crippen molar-refractivity contribution in [2.75, 3.05) is 16.1 Å². The maximum absolute atomic E-state index is 10.2. The zero-order valence-electron chi connectivity index (χ0n) is 16.5. The van der Waals surface area contributed by atoms with Crippen molar-refractivity contribution in [3.63, 3.8) is 0 Å². The Labute approximate surface area is 211 Å². The van der Waals surface area contributed by atoms with Crippen LogP contribution in [0.1, 0.15) is 5.56 Å². The maximum atomic E-state index is 10.2. The number of para-hydroxylation sites is 2. The van der Waals surface area contributed by atoms with E-state index in [1.807, 2.05) is 72.8 Å². The fourth-order valence-electron chi connectivity index (χ4n) is 2.68. The van der Waals surface area contributed by atoms with Gasteiger partial charge in [-0.3, -0.25) is 0 Å². The largest absolute Gasteiger partial charge is 0.506 e. The Morgan fingerprint density at radius 1 is 0.750 bits per heavy atom. The quantitative estimate of drug-likeness (QED) is 0.115. The standard InChI is InChI=1S/C22H17I2N7O/c23-15-11-14(19(32)18(24)12-15)13-25-31-22-29-20(26-16-7-3-1-4-8-16)28-21(30-22)27-17-9-5-2-6-10-17/h1-13,32H,(H3,26,27,28,29,30,31)/b25-13-. The van der Waals surface area contributed by atoms with E-state index in [-0.39, 0.29) is 11.7 Å². The van der Waals surface area contributed by atoms with Crippen LogP contribution in [0.15, 0.2) is 77.9 Å². The number of aromatic hydroxyl groups is 1. The van der Waals surface area contributed by atoms with Gasteiger partial charge in [0.15, 0.2) is 0 Å². The number of phenolic OH excluding ortho intramolecular Hbond substituents is 1. The second-order valence-corrected chi connectivity index (χ2v) is 8.89. The number of hydrogen-bond donors (Lipinski definition) is 4. The Hall–Kier alpha value is -3.00. The Morgan fingerprint density at radius 3 is 1.84 bits per heavy atom. The molecule has 0 radical (unpaired) electrons. The van der Waals surface area contributed by atoms with Gasteiger partial charge in [0, 0.05) is 20.5 Å². The number of nitrogens with zero attached hydrogens (tertiary/aromatic N) is 4. The number of rotatable bonds is 7. The molecular formula is C22H17I2N7O. The van der Waals surface area contributed by atoms with Crippen molar-refractivity contribution in [3.8, 4) is 5.75 Å². The van der Waals surface area contributed by atoms with Gasteiger partial charge in [-0.2, -0.15) is 20.1 Å². The zero-order valence-corrected chi connectivity index (χ0v) is 20.8. The molecule has 10 heteroatoms. The number of nitrogens with one attached hydrogen (secondary N) is 3. The molecule has 1 heterocycles. The van der Waals surface area contributed by atoms with Crippen LogP contribution in [0.4, 0.5) is 29.2 Å². The van der Waals surface area contributed by atoms with E-state index >= 15 is 0 Å². The molecule has 0 saturated carbocycles. The third-order valence-corrected chi connectivity index (χ3v) is 5.57. The van der Waals surface area contributed by atoms with E-state index in [1.165, 1.54) is 6.21 Å². The topological polar surface area (TPSA) is 107 Å². The highest BCUT2D eigenvalue weighted by atomic mass is 127. The van der Waals surface area contributed by atoms with Crippen LogP contribution in [0, 0.1) is 7.14 Å². The molecule has 160 valence electrons. The van der Waals surface area contributed by atoms with Crippen molar-refractivity contribution in [2.24, 2.45) is 5.10 Å². The zero-order chi connectivity index (χ0) is 22.3. The Morgan fingerprint density at radius 2 is 1.28 bits per heavy atom. The van der Waals surface area contributed by atoms with E-state index in [2.05, 4.69) is 81.3 Å². The lowest BCUT2D eigenvalue weighted by Gasteiger charge is -2.10. The molecule has 0 atom stereocenters. The third kappa shape index (κ3) is 6.03. The molecule has 4 rings (SSSR count). The number of benzene rings is 3. The first kappa shape index (κ1) is 22.2. The first-order valence-corrected chi connectivity index (χ1v) is 11.6. The lowest BCUT2D eigenvalue weighted by atomic mass is 10.2. The normalized spacial score (nSPS) is 10.8. The maximum Gasteiger partial charge on any atom is 0.250 e. The minimum atomic E-state index is 0.171. The molecule has 3 aromatic carbocycles. The van der Waals surface area contributed by atoms with Crippen molar-refractivity contribution in [1.82, 2.24) is 15.0 Å². The lowest BCUT2D eigenvalue weighted by Crippen LogP contribution is -2.07. The smallest absolute Gasteiger partial charge is 0.250 e. The van der Waals surface area contributed by atoms with E-state index in [0.717, 1.165) is 18.5 Å². The van der Waals surface area contributed by atoms with Crippen molar-refractivity contribution in [1.29, 1.82) is 0 Å². The van der Waals surface area contributed by atoms with Gasteiger partial charge in [-0.15, -0.1) is 0 Å². The van der Waals surface area contributed by atoms with Gasteiger partial charge in [-0.05, 0) is 81.6 Å². The molecule has 4 aromatic rings. The Kier molecular flexibility index (Phi) is 7.32. The van der Waals surface area contributed by atoms with Gasteiger partial charge in [0.2, 0.25) is 17.8 Å². The molecule has 4 N–H and O–H groups in total. The first-order chi connectivity index (χ1) is 15.6. The van der Waals surface area contributed by atoms with Gasteiger partial charge in [0.05, 0.1) is 9.78 Å². The summed E-state index contributed by atoms with van der Waals surface area (Å²) in [6.45, 7) is 0. The minimum Gasteiger partial charge on any atom is -0.506 e. The summed E-state index contributed by atoms with van der Waals surface area (Å²) in [6, 6.07) is 22.9. The number of aromatic nitrogens is 3. The van der Waals surface area contributed by atoms with Gasteiger partial charge in [0.1, 0.15) is 5.75 Å². The first-order valence-electron chi connectivity index (χ1n) is 9.44. The van der Waals surface area contributed by atoms with Crippen LogP contribution < -0.4 is 16.1 Å². The lowest BCUT2D eigenvalue weighted by molar-refractivity contribution is 0.470. The van der Waals surface area contributed by atoms with Gasteiger partial charge in [-0.25, -0.2) is 5.43 Å². The summed E-state index contributed by atoms with van der Waals surface area (Å²) in [5.41, 5.74) is 5.10. The molecule has 1 aromatic heterocycles. The van der Waals surface area contributed by atoms with E-state index < -0.39 is 0 Å². The molecule has 0 aliphatic carbocycles. The summed E-state index contributed by atoms with van der Waals surface area (Å²) < 4.78 is 1.75. The number of hydrazone groups is 1. The van der Waals surface area contributed by atoms with Crippen molar-refractivity contribution in [2.45, 2.75) is 0 Å². The highest BCUT2D eigenvalue weighted by Crippen LogP contribution is 2.26. The van der Waals surface area contributed by atoms with Crippen LogP contribution in [-0.4, -0.2) is 26.3 Å². The van der Waals surface area contributed by atoms with Crippen molar-refractivity contribution in [3.05, 3.63) is 85.5 Å². The minimum absolute atomic E-state index is 0.171. The summed E-state index contributed by atoms with van der Waals surface area (Å²) in [6.07, 6.45) is 1.53. The van der Waals surface area contributed by atoms with Crippen molar-refractivity contribution < 1.29 is 5.11 Å². The molecule has 0 bridgehead atoms. The van der Waals surface area contributed by atoms with Crippen LogP contribution in [0.5, 0.6) is 5.75 Å². The van der Waals surface area contributed by atoms with Gasteiger partial charge in [-0.1, -0.05) is 36.4 Å². The summed E-state index contributed by atoms with van der Waals surface area (Å²) in [7, 11) is 0. The van der Waals surface area contributed by atoms with Crippen LogP contribution >= 0.6 is 45.2 Å². The van der Waals surface area contributed by atoms with Crippen molar-refractivity contribution >= 4 is 80.6 Å². The van der Waals surface area contributed by atoms with Gasteiger partial charge < -0.3 is 15.7 Å². The van der Waals surface area contributed by atoms with E-state index in [0.29, 0.717) is 17.5 Å². The van der Waals surface area contributed by atoms with E-state index in [4.69, 9.17) is 0 Å². The molecular weight excluding hydrogens is 632 g/mol. The highest BCUT2D eigenvalue weighted by Gasteiger charge is 2.08. The third-order valence-electron chi connectivity index (χ3n) is 4.12. The second-order valence-electron chi connectivity index (χ2n) is 6.48. The van der Waals surface area contributed by atoms with Crippen LogP contribution in [0.2, 0.25) is 0 Å². The fourth-order valence-corrected chi connectivity index (χ4v) is 4.57. The molecule has 0 saturated heterocycles. The van der Waals surface area contributed by atoms with Crippen LogP contribution in [0.25, 0.3) is 0 Å². The summed E-state index contributed by atoms with van der Waals surface area (Å²) in [4.78, 5) is 13.2. The SMILES string of the molecule is Oc1c(I)cc(I)cc1/C=N\Nc1nc(Nc2ccccc2)nc(Nc2ccccc2)n1. The monoisotopic (exact) mass is 649 g/mol.